The molecule has 1 aliphatic carbocycles. The van der Waals surface area contributed by atoms with Crippen LogP contribution in [0.1, 0.15) is 128 Å². The van der Waals surface area contributed by atoms with Crippen LogP contribution in [0.25, 0.3) is 0 Å². The Kier molecular flexibility index (Phi) is 19.5. The number of benzene rings is 1. The van der Waals surface area contributed by atoms with Gasteiger partial charge in [0.05, 0.1) is 30.5 Å². The number of aliphatic hydroxyl groups excluding tert-OH is 1. The van der Waals surface area contributed by atoms with Crippen LogP contribution in [0.4, 0.5) is 0 Å². The molecule has 1 aromatic carbocycles. The van der Waals surface area contributed by atoms with Crippen LogP contribution in [-0.4, -0.2) is 133 Å². The number of aliphatic hydroxyl groups is 2. The number of methoxy groups -OCH3 is 3. The van der Waals surface area contributed by atoms with E-state index in [-0.39, 0.29) is 68.0 Å². The van der Waals surface area contributed by atoms with Crippen LogP contribution in [0.2, 0.25) is 0 Å². The van der Waals surface area contributed by atoms with Crippen LogP contribution < -0.4 is 0 Å². The number of Topliss-reactive ketones (excluding diaryl/α,β-unsaturated/α-hetero) is 3. The fourth-order valence-corrected chi connectivity index (χ4v) is 10.6. The van der Waals surface area contributed by atoms with Gasteiger partial charge in [-0.25, -0.2) is 4.79 Å². The maximum Gasteiger partial charge on any atom is 0.329 e. The summed E-state index contributed by atoms with van der Waals surface area (Å²) >= 11 is 0. The smallest absolute Gasteiger partial charge is 0.329 e. The van der Waals surface area contributed by atoms with Gasteiger partial charge in [0.2, 0.25) is 5.79 Å². The van der Waals surface area contributed by atoms with Crippen molar-refractivity contribution in [1.82, 2.24) is 4.90 Å². The van der Waals surface area contributed by atoms with E-state index >= 15 is 0 Å². The van der Waals surface area contributed by atoms with Crippen LogP contribution in [0.3, 0.4) is 0 Å². The van der Waals surface area contributed by atoms with Crippen LogP contribution in [0.5, 0.6) is 0 Å². The normalized spacial score (nSPS) is 36.2. The molecular formula is C52H77NO13. The van der Waals surface area contributed by atoms with Gasteiger partial charge in [-0.05, 0) is 108 Å². The van der Waals surface area contributed by atoms with Crippen LogP contribution >= 0.6 is 0 Å². The highest BCUT2D eigenvalue weighted by Gasteiger charge is 2.56. The maximum atomic E-state index is 14.5. The van der Waals surface area contributed by atoms with Gasteiger partial charge in [-0.2, -0.15) is 0 Å². The van der Waals surface area contributed by atoms with Crippen LogP contribution in [-0.2, 0) is 47.6 Å². The first-order chi connectivity index (χ1) is 31.3. The number of hydrogen-bond acceptors (Lipinski definition) is 13. The number of esters is 1. The third-order valence-corrected chi connectivity index (χ3v) is 14.6. The number of carbonyl (C=O) groups excluding carboxylic acids is 5. The lowest BCUT2D eigenvalue weighted by Gasteiger charge is -2.47. The van der Waals surface area contributed by atoms with Gasteiger partial charge in [-0.15, -0.1) is 0 Å². The summed E-state index contributed by atoms with van der Waals surface area (Å²) in [5.74, 6) is -7.80. The lowest BCUT2D eigenvalue weighted by Crippen LogP contribution is -2.64. The van der Waals surface area contributed by atoms with Crippen molar-refractivity contribution in [3.05, 3.63) is 58.7 Å². The number of hydrogen-bond donors (Lipinski definition) is 2. The van der Waals surface area contributed by atoms with Gasteiger partial charge >= 0.3 is 5.97 Å². The minimum atomic E-state index is -2.52. The molecule has 368 valence electrons. The second kappa shape index (κ2) is 24.1. The Morgan fingerprint density at radius 3 is 2.27 bits per heavy atom. The number of rotatable bonds is 10. The molecular weight excluding hydrogens is 847 g/mol. The lowest BCUT2D eigenvalue weighted by molar-refractivity contribution is -0.302. The van der Waals surface area contributed by atoms with Crippen molar-refractivity contribution in [2.75, 3.05) is 34.5 Å². The molecule has 14 atom stereocenters. The molecule has 66 heavy (non-hydrogen) atoms. The predicted molar refractivity (Wildman–Crippen MR) is 247 cm³/mol. The SMILES string of the molecule is CCC1C=C(C)CC(C)CC(OC)C2OC(O)(C(=O)C(=O)N3CCCCC3C(=O)OC(C(C)=CC3CCC(OCC(=O)c4cccc(C)c4)C(OC)C3)C(C)C(O)CC1=O)C(C)CC2OC. The fourth-order valence-electron chi connectivity index (χ4n) is 10.6. The zero-order chi connectivity index (χ0) is 48.5. The molecule has 3 aliphatic heterocycles. The van der Waals surface area contributed by atoms with Crippen molar-refractivity contribution >= 4 is 29.2 Å². The first-order valence-corrected chi connectivity index (χ1v) is 24.2. The average molecular weight is 924 g/mol. The summed E-state index contributed by atoms with van der Waals surface area (Å²) in [6.45, 7) is 13.1. The largest absolute Gasteiger partial charge is 0.456 e. The third-order valence-electron chi connectivity index (χ3n) is 14.6. The number of carbonyl (C=O) groups is 5. The Morgan fingerprint density at radius 1 is 0.909 bits per heavy atom. The van der Waals surface area contributed by atoms with Gasteiger partial charge < -0.3 is 43.5 Å². The summed E-state index contributed by atoms with van der Waals surface area (Å²) in [5, 5.41) is 24.0. The fraction of sp³-hybridized carbons (Fsp3) is 0.712. The topological polar surface area (TPSA) is 184 Å². The van der Waals surface area contributed by atoms with E-state index in [1.165, 1.54) is 19.1 Å². The van der Waals surface area contributed by atoms with Crippen LogP contribution in [0.15, 0.2) is 47.6 Å². The molecule has 0 radical (unpaired) electrons. The average Bonchev–Trinajstić information content (AvgIpc) is 3.30. The Balaban J connectivity index is 1.45. The molecule has 1 amide bonds. The van der Waals surface area contributed by atoms with E-state index in [4.69, 9.17) is 28.4 Å². The summed E-state index contributed by atoms with van der Waals surface area (Å²) in [7, 11) is 4.68. The summed E-state index contributed by atoms with van der Waals surface area (Å²) in [6, 6.07) is 6.24. The quantitative estimate of drug-likeness (QED) is 0.110. The van der Waals surface area contributed by atoms with Crippen molar-refractivity contribution in [2.45, 2.75) is 174 Å². The van der Waals surface area contributed by atoms with Gasteiger partial charge in [-0.1, -0.05) is 69.2 Å². The number of aryl methyl sites for hydroxylation is 1. The number of cyclic esters (lactones) is 1. The number of fused-ring (bicyclic) bond motifs is 3. The monoisotopic (exact) mass is 924 g/mol. The highest BCUT2D eigenvalue weighted by atomic mass is 16.7. The van der Waals surface area contributed by atoms with E-state index in [9.17, 15) is 34.2 Å². The van der Waals surface area contributed by atoms with Gasteiger partial charge in [0.25, 0.3) is 11.7 Å². The Labute approximate surface area is 392 Å². The predicted octanol–water partition coefficient (Wildman–Crippen LogP) is 6.69. The highest BCUT2D eigenvalue weighted by Crippen LogP contribution is 2.39. The second-order valence-corrected chi connectivity index (χ2v) is 19.7. The zero-order valence-electron chi connectivity index (χ0n) is 41.0. The maximum absolute atomic E-state index is 14.5. The Hall–Kier alpha value is -3.63. The molecule has 1 aromatic rings. The van der Waals surface area contributed by atoms with Gasteiger partial charge in [-0.3, -0.25) is 19.2 Å². The van der Waals surface area contributed by atoms with Crippen molar-refractivity contribution in [1.29, 1.82) is 0 Å². The number of ether oxygens (including phenoxy) is 6. The molecule has 2 bridgehead atoms. The standard InChI is InChI=1S/C52H77NO13/c1-11-37-23-31(3)21-32(4)24-45(62-9)48-46(63-10)26-34(6)52(60,66-48)49(57)50(58)53-20-13-12-17-39(53)51(59)65-47(35(7)40(54)28-41(37)55)33(5)25-36-18-19-43(44(27-36)61-8)64-29-42(56)38-16-14-15-30(2)22-38/h14-16,22-23,25,32,34-37,39-40,43-48,54,60H,11-13,17-21,24,26-29H2,1-10H3. The summed E-state index contributed by atoms with van der Waals surface area (Å²) in [5.41, 5.74) is 3.22. The zero-order valence-corrected chi connectivity index (χ0v) is 41.0. The molecule has 0 spiro atoms. The van der Waals surface area contributed by atoms with Crippen molar-refractivity contribution in [3.8, 4) is 0 Å². The second-order valence-electron chi connectivity index (χ2n) is 19.7. The molecule has 14 unspecified atom stereocenters. The lowest BCUT2D eigenvalue weighted by atomic mass is 9.81. The first kappa shape index (κ1) is 53.3. The van der Waals surface area contributed by atoms with E-state index in [0.717, 1.165) is 11.1 Å². The molecule has 5 rings (SSSR count). The van der Waals surface area contributed by atoms with Crippen LogP contribution in [0, 0.1) is 36.5 Å². The minimum Gasteiger partial charge on any atom is -0.456 e. The van der Waals surface area contributed by atoms with E-state index < -0.39 is 77.8 Å². The van der Waals surface area contributed by atoms with E-state index in [2.05, 4.69) is 6.92 Å². The Morgan fingerprint density at radius 2 is 1.61 bits per heavy atom. The summed E-state index contributed by atoms with van der Waals surface area (Å²) in [6.07, 6.45) is 3.89. The van der Waals surface area contributed by atoms with Gasteiger partial charge in [0, 0.05) is 57.6 Å². The number of nitrogens with zero attached hydrogens (tertiary/aromatic N) is 1. The number of amides is 1. The summed E-state index contributed by atoms with van der Waals surface area (Å²) < 4.78 is 36.4. The highest BCUT2D eigenvalue weighted by molar-refractivity contribution is 6.39. The molecule has 2 saturated heterocycles. The molecule has 2 N–H and O–H groups in total. The van der Waals surface area contributed by atoms with Crippen molar-refractivity contribution in [2.24, 2.45) is 29.6 Å². The Bertz CT molecular complexity index is 1910. The molecule has 3 fully saturated rings. The van der Waals surface area contributed by atoms with Crippen molar-refractivity contribution < 1.29 is 62.6 Å². The molecule has 0 aromatic heterocycles. The summed E-state index contributed by atoms with van der Waals surface area (Å²) in [4.78, 5) is 71.3. The van der Waals surface area contributed by atoms with E-state index in [1.807, 2.05) is 58.0 Å². The number of piperidine rings is 1. The molecule has 14 nitrogen and oxygen atoms in total. The molecule has 3 heterocycles. The van der Waals surface area contributed by atoms with Crippen molar-refractivity contribution in [3.63, 3.8) is 0 Å². The first-order valence-electron chi connectivity index (χ1n) is 24.2. The minimum absolute atomic E-state index is 0.0205. The van der Waals surface area contributed by atoms with Gasteiger partial charge in [0.15, 0.2) is 5.78 Å². The van der Waals surface area contributed by atoms with E-state index in [1.54, 1.807) is 27.0 Å². The number of allylic oxidation sites excluding steroid dienone is 3. The van der Waals surface area contributed by atoms with Gasteiger partial charge in [0.1, 0.15) is 30.6 Å². The molecule has 14 heteroatoms. The third kappa shape index (κ3) is 12.9. The number of ketones is 3. The molecule has 1 saturated carbocycles. The van der Waals surface area contributed by atoms with E-state index in [0.29, 0.717) is 62.5 Å². The molecule has 4 aliphatic rings.